The van der Waals surface area contributed by atoms with Crippen molar-refractivity contribution in [1.82, 2.24) is 9.55 Å². The van der Waals surface area contributed by atoms with E-state index in [1.165, 1.54) is 0 Å². The molecule has 0 N–H and O–H groups in total. The van der Waals surface area contributed by atoms with Crippen LogP contribution in [0.1, 0.15) is 19.9 Å². The van der Waals surface area contributed by atoms with Gasteiger partial charge in [-0.15, -0.1) is 0 Å². The van der Waals surface area contributed by atoms with Crippen molar-refractivity contribution >= 4 is 6.29 Å². The van der Waals surface area contributed by atoms with E-state index in [-0.39, 0.29) is 6.04 Å². The van der Waals surface area contributed by atoms with Gasteiger partial charge in [-0.3, -0.25) is 0 Å². The maximum absolute atomic E-state index is 10.6. The van der Waals surface area contributed by atoms with Gasteiger partial charge in [0.15, 0.2) is 0 Å². The first-order valence-corrected chi connectivity index (χ1v) is 3.68. The molecule has 0 amide bonds. The van der Waals surface area contributed by atoms with Crippen molar-refractivity contribution < 1.29 is 4.79 Å². The van der Waals surface area contributed by atoms with Crippen molar-refractivity contribution in [3.63, 3.8) is 0 Å². The van der Waals surface area contributed by atoms with Crippen LogP contribution in [0.5, 0.6) is 0 Å². The van der Waals surface area contributed by atoms with Gasteiger partial charge in [0, 0.05) is 12.4 Å². The average molecular weight is 152 g/mol. The van der Waals surface area contributed by atoms with E-state index in [1.54, 1.807) is 18.7 Å². The Labute approximate surface area is 66.1 Å². The summed E-state index contributed by atoms with van der Waals surface area (Å²) in [5, 5.41) is 0. The number of nitrogens with zero attached hydrogens (tertiary/aromatic N) is 2. The van der Waals surface area contributed by atoms with Gasteiger partial charge in [0.2, 0.25) is 0 Å². The summed E-state index contributed by atoms with van der Waals surface area (Å²) in [6.45, 7) is 4.03. The molecule has 0 aliphatic heterocycles. The van der Waals surface area contributed by atoms with E-state index in [2.05, 4.69) is 4.98 Å². The van der Waals surface area contributed by atoms with E-state index in [9.17, 15) is 4.79 Å². The zero-order valence-corrected chi connectivity index (χ0v) is 6.77. The predicted molar refractivity (Wildman–Crippen MR) is 42.2 cm³/mol. The maximum atomic E-state index is 10.6. The Morgan fingerprint density at radius 3 is 2.64 bits per heavy atom. The molecule has 1 aromatic rings. The van der Waals surface area contributed by atoms with Gasteiger partial charge < -0.3 is 9.36 Å². The summed E-state index contributed by atoms with van der Waals surface area (Å²) in [5.74, 6) is 0.321. The van der Waals surface area contributed by atoms with Crippen LogP contribution in [-0.2, 0) is 4.79 Å². The Kier molecular flexibility index (Phi) is 2.41. The smallest absolute Gasteiger partial charge is 0.143 e. The standard InChI is InChI=1S/C8H12N2O/c1-7(2)8(5-11)10-4-3-9-6-10/h3-8H,1-2H3. The highest BCUT2D eigenvalue weighted by Gasteiger charge is 2.12. The molecule has 1 rings (SSSR count). The Balaban J connectivity index is 2.79. The summed E-state index contributed by atoms with van der Waals surface area (Å²) >= 11 is 0. The second kappa shape index (κ2) is 3.32. The zero-order valence-electron chi connectivity index (χ0n) is 6.77. The van der Waals surface area contributed by atoms with Gasteiger partial charge in [-0.25, -0.2) is 4.98 Å². The lowest BCUT2D eigenvalue weighted by Gasteiger charge is -2.14. The molecule has 0 fully saturated rings. The molecule has 60 valence electrons. The summed E-state index contributed by atoms with van der Waals surface area (Å²) in [7, 11) is 0. The molecule has 0 bridgehead atoms. The van der Waals surface area contributed by atoms with Gasteiger partial charge in [-0.05, 0) is 5.92 Å². The molecule has 0 aromatic carbocycles. The highest BCUT2D eigenvalue weighted by molar-refractivity contribution is 5.56. The van der Waals surface area contributed by atoms with Crippen LogP contribution in [0.15, 0.2) is 18.7 Å². The van der Waals surface area contributed by atoms with Crippen LogP contribution in [0.4, 0.5) is 0 Å². The Morgan fingerprint density at radius 1 is 1.55 bits per heavy atom. The van der Waals surface area contributed by atoms with Gasteiger partial charge in [0.05, 0.1) is 12.4 Å². The Morgan fingerprint density at radius 2 is 2.27 bits per heavy atom. The monoisotopic (exact) mass is 152 g/mol. The van der Waals surface area contributed by atoms with Gasteiger partial charge in [-0.2, -0.15) is 0 Å². The number of aldehydes is 1. The fourth-order valence-corrected chi connectivity index (χ4v) is 1.02. The van der Waals surface area contributed by atoms with E-state index in [0.29, 0.717) is 5.92 Å². The lowest BCUT2D eigenvalue weighted by Crippen LogP contribution is -2.14. The summed E-state index contributed by atoms with van der Waals surface area (Å²) in [4.78, 5) is 14.5. The average Bonchev–Trinajstić information content (AvgIpc) is 2.40. The third kappa shape index (κ3) is 1.67. The molecule has 1 heterocycles. The number of carbonyl (C=O) groups excluding carboxylic acids is 1. The molecule has 0 radical (unpaired) electrons. The maximum Gasteiger partial charge on any atom is 0.143 e. The van der Waals surface area contributed by atoms with Crippen LogP contribution in [0, 0.1) is 5.92 Å². The van der Waals surface area contributed by atoms with E-state index in [1.807, 2.05) is 18.4 Å². The molecule has 11 heavy (non-hydrogen) atoms. The topological polar surface area (TPSA) is 34.9 Å². The first-order chi connectivity index (χ1) is 5.25. The van der Waals surface area contributed by atoms with Crippen LogP contribution in [0.25, 0.3) is 0 Å². The highest BCUT2D eigenvalue weighted by atomic mass is 16.1. The minimum atomic E-state index is -0.0718. The molecule has 3 nitrogen and oxygen atoms in total. The molecule has 0 saturated heterocycles. The summed E-state index contributed by atoms with van der Waals surface area (Å²) < 4.78 is 1.82. The Bertz CT molecular complexity index is 216. The van der Waals surface area contributed by atoms with Crippen LogP contribution in [-0.4, -0.2) is 15.8 Å². The quantitative estimate of drug-likeness (QED) is 0.611. The fourth-order valence-electron chi connectivity index (χ4n) is 1.02. The second-order valence-corrected chi connectivity index (χ2v) is 2.88. The summed E-state index contributed by atoms with van der Waals surface area (Å²) in [6, 6.07) is -0.0718. The summed E-state index contributed by atoms with van der Waals surface area (Å²) in [6.07, 6.45) is 6.10. The van der Waals surface area contributed by atoms with Crippen molar-refractivity contribution in [3.05, 3.63) is 18.7 Å². The number of hydrogen-bond acceptors (Lipinski definition) is 2. The largest absolute Gasteiger partial charge is 0.327 e. The molecule has 0 aliphatic rings. The van der Waals surface area contributed by atoms with Crippen LogP contribution >= 0.6 is 0 Å². The SMILES string of the molecule is CC(C)C(C=O)n1ccnc1. The normalized spacial score (nSPS) is 13.4. The van der Waals surface area contributed by atoms with Gasteiger partial charge in [0.25, 0.3) is 0 Å². The van der Waals surface area contributed by atoms with Crippen molar-refractivity contribution in [1.29, 1.82) is 0 Å². The molecule has 1 unspecified atom stereocenters. The van der Waals surface area contributed by atoms with Crippen molar-refractivity contribution in [2.24, 2.45) is 5.92 Å². The minimum absolute atomic E-state index is 0.0718. The van der Waals surface area contributed by atoms with Gasteiger partial charge >= 0.3 is 0 Å². The second-order valence-electron chi connectivity index (χ2n) is 2.88. The molecule has 0 spiro atoms. The van der Waals surface area contributed by atoms with Gasteiger partial charge in [0.1, 0.15) is 6.29 Å². The van der Waals surface area contributed by atoms with Crippen molar-refractivity contribution in [2.45, 2.75) is 19.9 Å². The highest BCUT2D eigenvalue weighted by Crippen LogP contribution is 2.13. The molecule has 1 atom stereocenters. The lowest BCUT2D eigenvalue weighted by atomic mass is 10.1. The molecular weight excluding hydrogens is 140 g/mol. The number of rotatable bonds is 3. The number of carbonyl (C=O) groups is 1. The Hall–Kier alpha value is -1.12. The van der Waals surface area contributed by atoms with Crippen LogP contribution < -0.4 is 0 Å². The van der Waals surface area contributed by atoms with Crippen molar-refractivity contribution in [3.8, 4) is 0 Å². The predicted octanol–water partition coefficient (Wildman–Crippen LogP) is 1.28. The number of aromatic nitrogens is 2. The van der Waals surface area contributed by atoms with Gasteiger partial charge in [-0.1, -0.05) is 13.8 Å². The number of hydrogen-bond donors (Lipinski definition) is 0. The van der Waals surface area contributed by atoms with E-state index < -0.39 is 0 Å². The third-order valence-corrected chi connectivity index (χ3v) is 1.69. The van der Waals surface area contributed by atoms with E-state index in [0.717, 1.165) is 6.29 Å². The minimum Gasteiger partial charge on any atom is -0.327 e. The third-order valence-electron chi connectivity index (χ3n) is 1.69. The summed E-state index contributed by atoms with van der Waals surface area (Å²) in [5.41, 5.74) is 0. The van der Waals surface area contributed by atoms with Crippen LogP contribution in [0.2, 0.25) is 0 Å². The number of imidazole rings is 1. The molecular formula is C8H12N2O. The van der Waals surface area contributed by atoms with E-state index in [4.69, 9.17) is 0 Å². The van der Waals surface area contributed by atoms with Crippen LogP contribution in [0.3, 0.4) is 0 Å². The lowest BCUT2D eigenvalue weighted by molar-refractivity contribution is -0.111. The van der Waals surface area contributed by atoms with E-state index >= 15 is 0 Å². The zero-order chi connectivity index (χ0) is 8.27. The van der Waals surface area contributed by atoms with Crippen molar-refractivity contribution in [2.75, 3.05) is 0 Å². The first kappa shape index (κ1) is 7.98. The first-order valence-electron chi connectivity index (χ1n) is 3.68. The molecule has 1 aromatic heterocycles. The molecule has 0 aliphatic carbocycles. The molecule has 0 saturated carbocycles. The fraction of sp³-hybridized carbons (Fsp3) is 0.500. The molecule has 3 heteroatoms.